The van der Waals surface area contributed by atoms with E-state index in [-0.39, 0.29) is 4.75 Å². The van der Waals surface area contributed by atoms with Crippen LogP contribution in [0.2, 0.25) is 0 Å². The number of nitrogens with zero attached hydrogens (tertiary/aromatic N) is 1. The minimum Gasteiger partial charge on any atom is -0.375 e. The molecule has 3 N–H and O–H groups in total. The van der Waals surface area contributed by atoms with E-state index in [1.807, 2.05) is 6.92 Å². The van der Waals surface area contributed by atoms with Crippen LogP contribution in [0.5, 0.6) is 0 Å². The summed E-state index contributed by atoms with van der Waals surface area (Å²) in [6.07, 6.45) is 5.96. The van der Waals surface area contributed by atoms with Crippen LogP contribution in [-0.2, 0) is 0 Å². The smallest absolute Gasteiger partial charge is 0.128 e. The quantitative estimate of drug-likeness (QED) is 0.161. The fourth-order valence-corrected chi connectivity index (χ4v) is 2.90. The number of rotatable bonds is 14. The first kappa shape index (κ1) is 24.1. The molecule has 144 valence electrons. The number of nitrogens with one attached hydrogen (secondary N) is 2. The van der Waals surface area contributed by atoms with Gasteiger partial charge in [-0.25, -0.2) is 0 Å². The summed E-state index contributed by atoms with van der Waals surface area (Å²) in [7, 11) is 0. The molecule has 24 heavy (non-hydrogen) atoms. The summed E-state index contributed by atoms with van der Waals surface area (Å²) in [5.41, 5.74) is -0.844. The lowest BCUT2D eigenvalue weighted by atomic mass is 9.99. The molecule has 0 aliphatic rings. The maximum absolute atomic E-state index is 11.1. The first-order valence-corrected chi connectivity index (χ1v) is 10.1. The Morgan fingerprint density at radius 2 is 1.79 bits per heavy atom. The number of hydrogen-bond acceptors (Lipinski definition) is 5. The highest BCUT2D eigenvalue weighted by Gasteiger charge is 2.28. The fourth-order valence-electron chi connectivity index (χ4n) is 2.68. The van der Waals surface area contributed by atoms with Gasteiger partial charge >= 0.3 is 0 Å². The molecule has 1 atom stereocenters. The highest BCUT2D eigenvalue weighted by Crippen LogP contribution is 2.22. The minimum absolute atomic E-state index is 0.0595. The number of thiocarbonyl (C=S) groups is 1. The van der Waals surface area contributed by atoms with Crippen molar-refractivity contribution in [2.24, 2.45) is 0 Å². The summed E-state index contributed by atoms with van der Waals surface area (Å²) in [6, 6.07) is 0. The first-order chi connectivity index (χ1) is 11.1. The van der Waals surface area contributed by atoms with Crippen LogP contribution in [0, 0.1) is 0 Å². The van der Waals surface area contributed by atoms with E-state index >= 15 is 0 Å². The van der Waals surface area contributed by atoms with Gasteiger partial charge in [0.05, 0.1) is 11.7 Å². The maximum Gasteiger partial charge on any atom is 0.128 e. The number of hydrogen-bond donors (Lipinski definition) is 4. The van der Waals surface area contributed by atoms with Crippen LogP contribution in [0.4, 0.5) is 0 Å². The monoisotopic (exact) mass is 377 g/mol. The van der Waals surface area contributed by atoms with Gasteiger partial charge < -0.3 is 10.4 Å². The predicted molar refractivity (Wildman–Crippen MR) is 113 cm³/mol. The molecule has 0 radical (unpaired) electrons. The van der Waals surface area contributed by atoms with E-state index in [1.165, 1.54) is 0 Å². The molecule has 6 heteroatoms. The van der Waals surface area contributed by atoms with E-state index in [0.717, 1.165) is 56.6 Å². The Morgan fingerprint density at radius 1 is 1.17 bits per heavy atom. The molecule has 0 aromatic carbocycles. The molecule has 0 aliphatic carbocycles. The van der Waals surface area contributed by atoms with Crippen LogP contribution < -0.4 is 10.6 Å². The van der Waals surface area contributed by atoms with Crippen LogP contribution in [0.1, 0.15) is 73.1 Å². The van der Waals surface area contributed by atoms with Crippen molar-refractivity contribution in [3.63, 3.8) is 0 Å². The maximum atomic E-state index is 11.1. The van der Waals surface area contributed by atoms with Gasteiger partial charge in [0.2, 0.25) is 0 Å². The van der Waals surface area contributed by atoms with Gasteiger partial charge in [-0.3, -0.25) is 10.2 Å². The van der Waals surface area contributed by atoms with Gasteiger partial charge in [0.25, 0.3) is 0 Å². The number of aliphatic hydroxyl groups is 1. The summed E-state index contributed by atoms with van der Waals surface area (Å²) in [4.78, 5) is 3.03. The van der Waals surface area contributed by atoms with Gasteiger partial charge in [-0.2, -0.15) is 12.6 Å². The topological polar surface area (TPSA) is 47.5 Å². The molecule has 0 aliphatic heterocycles. The van der Waals surface area contributed by atoms with Crippen molar-refractivity contribution in [3.05, 3.63) is 0 Å². The third-order valence-corrected chi connectivity index (χ3v) is 4.28. The summed E-state index contributed by atoms with van der Waals surface area (Å²) in [6.45, 7) is 13.5. The molecule has 0 spiro atoms. The molecular weight excluding hydrogens is 338 g/mol. The lowest BCUT2D eigenvalue weighted by Crippen LogP contribution is -2.55. The zero-order valence-electron chi connectivity index (χ0n) is 16.3. The molecule has 1 unspecified atom stereocenters. The molecular formula is C18H39N3OS2. The number of thiol groups is 1. The van der Waals surface area contributed by atoms with E-state index in [1.54, 1.807) is 0 Å². The van der Waals surface area contributed by atoms with Gasteiger partial charge in [0, 0.05) is 11.3 Å². The van der Waals surface area contributed by atoms with E-state index < -0.39 is 5.72 Å². The van der Waals surface area contributed by atoms with Crippen molar-refractivity contribution in [1.82, 2.24) is 15.5 Å². The third kappa shape index (κ3) is 13.4. The van der Waals surface area contributed by atoms with Crippen molar-refractivity contribution in [2.75, 3.05) is 26.3 Å². The van der Waals surface area contributed by atoms with Gasteiger partial charge in [0.15, 0.2) is 0 Å². The summed E-state index contributed by atoms with van der Waals surface area (Å²) in [5.74, 6) is 0. The molecule has 0 fully saturated rings. The molecule has 0 aromatic heterocycles. The third-order valence-electron chi connectivity index (χ3n) is 3.91. The normalized spacial score (nSPS) is 14.7. The van der Waals surface area contributed by atoms with Crippen molar-refractivity contribution >= 4 is 29.8 Å². The Balaban J connectivity index is 4.62. The summed E-state index contributed by atoms with van der Waals surface area (Å²) >= 11 is 9.69. The molecule has 0 rings (SSSR count). The molecule has 0 bridgehead atoms. The largest absolute Gasteiger partial charge is 0.375 e. The second-order valence-electron chi connectivity index (χ2n) is 7.42. The van der Waals surface area contributed by atoms with Crippen LogP contribution in [0.15, 0.2) is 0 Å². The highest BCUT2D eigenvalue weighted by atomic mass is 32.1. The van der Waals surface area contributed by atoms with Crippen LogP contribution in [0.3, 0.4) is 0 Å². The molecule has 0 heterocycles. The highest BCUT2D eigenvalue weighted by molar-refractivity contribution is 7.81. The van der Waals surface area contributed by atoms with Gasteiger partial charge in [-0.15, -0.1) is 0 Å². The molecule has 4 nitrogen and oxygen atoms in total. The van der Waals surface area contributed by atoms with Crippen molar-refractivity contribution < 1.29 is 5.11 Å². The average molecular weight is 378 g/mol. The van der Waals surface area contributed by atoms with E-state index in [4.69, 9.17) is 12.2 Å². The molecule has 0 amide bonds. The predicted octanol–water partition coefficient (Wildman–Crippen LogP) is 3.55. The van der Waals surface area contributed by atoms with E-state index in [2.05, 4.69) is 55.9 Å². The van der Waals surface area contributed by atoms with Crippen LogP contribution in [0.25, 0.3) is 0 Å². The standard InChI is InChI=1S/C18H39N3OS2/c1-6-12-20-18(22,11-9-8-10-17(4,5)24)14-21(13-7-2)15-19-16(3)23/h20,22,24H,6-15H2,1-5H3,(H,19,23). The first-order valence-electron chi connectivity index (χ1n) is 9.28. The van der Waals surface area contributed by atoms with E-state index in [9.17, 15) is 5.11 Å². The Labute approximate surface area is 160 Å². The van der Waals surface area contributed by atoms with E-state index in [0.29, 0.717) is 13.2 Å². The molecule has 0 saturated carbocycles. The number of unbranched alkanes of at least 4 members (excludes halogenated alkanes) is 1. The molecule has 0 saturated heterocycles. The van der Waals surface area contributed by atoms with Gasteiger partial charge in [-0.1, -0.05) is 46.3 Å². The fraction of sp³-hybridized carbons (Fsp3) is 0.944. The van der Waals surface area contributed by atoms with Crippen molar-refractivity contribution in [3.8, 4) is 0 Å². The Morgan fingerprint density at radius 3 is 2.29 bits per heavy atom. The zero-order chi connectivity index (χ0) is 18.6. The average Bonchev–Trinajstić information content (AvgIpc) is 2.47. The SMILES string of the molecule is CCCNC(O)(CCCCC(C)(C)S)CN(CCC)CNC(C)=S. The van der Waals surface area contributed by atoms with Crippen LogP contribution in [-0.4, -0.2) is 51.8 Å². The van der Waals surface area contributed by atoms with Crippen LogP contribution >= 0.6 is 24.8 Å². The second kappa shape index (κ2) is 12.5. The lowest BCUT2D eigenvalue weighted by Gasteiger charge is -2.35. The summed E-state index contributed by atoms with van der Waals surface area (Å²) in [5, 5.41) is 17.7. The Kier molecular flexibility index (Phi) is 12.5. The van der Waals surface area contributed by atoms with Crippen molar-refractivity contribution in [2.45, 2.75) is 83.6 Å². The lowest BCUT2D eigenvalue weighted by molar-refractivity contribution is -0.0354. The zero-order valence-corrected chi connectivity index (χ0v) is 18.0. The Hall–Kier alpha value is 0.120. The second-order valence-corrected chi connectivity index (χ2v) is 9.24. The van der Waals surface area contributed by atoms with Crippen molar-refractivity contribution in [1.29, 1.82) is 0 Å². The minimum atomic E-state index is -0.844. The van der Waals surface area contributed by atoms with Gasteiger partial charge in [0.1, 0.15) is 5.72 Å². The summed E-state index contributed by atoms with van der Waals surface area (Å²) < 4.78 is 0.0595. The Bertz CT molecular complexity index is 348. The molecule has 0 aromatic rings. The van der Waals surface area contributed by atoms with Gasteiger partial charge in [-0.05, 0) is 52.1 Å².